The van der Waals surface area contributed by atoms with Gasteiger partial charge in [-0.25, -0.2) is 0 Å². The quantitative estimate of drug-likeness (QED) is 0.550. The van der Waals surface area contributed by atoms with Crippen LogP contribution in [0.1, 0.15) is 38.2 Å². The highest BCUT2D eigenvalue weighted by atomic mass is 16.5. The van der Waals surface area contributed by atoms with Gasteiger partial charge in [0.25, 0.3) is 0 Å². The second-order valence-corrected chi connectivity index (χ2v) is 8.37. The Kier molecular flexibility index (Phi) is 8.62. The molecule has 2 heterocycles. The maximum absolute atomic E-state index is 5.97. The van der Waals surface area contributed by atoms with Crippen molar-refractivity contribution in [2.75, 3.05) is 52.9 Å². The topological polar surface area (TPSA) is 40.1 Å². The van der Waals surface area contributed by atoms with Crippen molar-refractivity contribution in [3.05, 3.63) is 35.9 Å². The van der Waals surface area contributed by atoms with Crippen LogP contribution >= 0.6 is 0 Å². The van der Waals surface area contributed by atoms with E-state index in [1.54, 1.807) is 0 Å². The number of likely N-dealkylation sites (tertiary alicyclic amines) is 2. The molecule has 1 aromatic carbocycles. The van der Waals surface area contributed by atoms with E-state index in [2.05, 4.69) is 53.4 Å². The molecule has 0 aliphatic carbocycles. The first-order valence-electron chi connectivity index (χ1n) is 11.1. The molecule has 0 amide bonds. The first-order chi connectivity index (χ1) is 13.7. The molecule has 2 saturated heterocycles. The van der Waals surface area contributed by atoms with Crippen LogP contribution in [0.5, 0.6) is 0 Å². The van der Waals surface area contributed by atoms with Crippen molar-refractivity contribution in [2.24, 2.45) is 16.8 Å². The van der Waals surface area contributed by atoms with Crippen molar-refractivity contribution in [1.82, 2.24) is 15.1 Å². The minimum Gasteiger partial charge on any atom is -0.376 e. The van der Waals surface area contributed by atoms with Gasteiger partial charge in [0, 0.05) is 32.1 Å². The number of rotatable bonds is 8. The van der Waals surface area contributed by atoms with Crippen LogP contribution in [0, 0.1) is 11.8 Å². The summed E-state index contributed by atoms with van der Waals surface area (Å²) >= 11 is 0. The SMILES string of the molecule is CCNC(=NCCC1CCN(C)CC1)N1CCC(COCc2ccccc2)C1. The molecule has 5 heteroatoms. The monoisotopic (exact) mass is 386 g/mol. The molecule has 1 N–H and O–H groups in total. The van der Waals surface area contributed by atoms with Gasteiger partial charge < -0.3 is 19.9 Å². The van der Waals surface area contributed by atoms with Gasteiger partial charge in [0.1, 0.15) is 0 Å². The van der Waals surface area contributed by atoms with Gasteiger partial charge in [-0.15, -0.1) is 0 Å². The van der Waals surface area contributed by atoms with Gasteiger partial charge >= 0.3 is 0 Å². The Labute approximate surface area is 171 Å². The molecule has 2 aliphatic rings. The molecule has 0 bridgehead atoms. The van der Waals surface area contributed by atoms with Crippen molar-refractivity contribution in [1.29, 1.82) is 0 Å². The summed E-state index contributed by atoms with van der Waals surface area (Å²) in [5.41, 5.74) is 1.25. The summed E-state index contributed by atoms with van der Waals surface area (Å²) in [7, 11) is 2.23. The average molecular weight is 387 g/mol. The number of aliphatic imine (C=N–C) groups is 1. The number of piperidine rings is 1. The van der Waals surface area contributed by atoms with Crippen LogP contribution in [0.2, 0.25) is 0 Å². The van der Waals surface area contributed by atoms with Gasteiger partial charge in [0.2, 0.25) is 0 Å². The minimum atomic E-state index is 0.599. The third-order valence-corrected chi connectivity index (χ3v) is 6.02. The first kappa shape index (κ1) is 21.1. The van der Waals surface area contributed by atoms with Crippen LogP contribution in [0.25, 0.3) is 0 Å². The van der Waals surface area contributed by atoms with Gasteiger partial charge in [0.15, 0.2) is 5.96 Å². The van der Waals surface area contributed by atoms with E-state index < -0.39 is 0 Å². The lowest BCUT2D eigenvalue weighted by atomic mass is 9.94. The lowest BCUT2D eigenvalue weighted by molar-refractivity contribution is 0.0906. The Morgan fingerprint density at radius 2 is 1.86 bits per heavy atom. The van der Waals surface area contributed by atoms with Crippen LogP contribution in [-0.2, 0) is 11.3 Å². The largest absolute Gasteiger partial charge is 0.376 e. The van der Waals surface area contributed by atoms with E-state index in [0.29, 0.717) is 12.5 Å². The van der Waals surface area contributed by atoms with Crippen molar-refractivity contribution in [2.45, 2.75) is 39.2 Å². The molecule has 3 rings (SSSR count). The van der Waals surface area contributed by atoms with Crippen LogP contribution < -0.4 is 5.32 Å². The summed E-state index contributed by atoms with van der Waals surface area (Å²) in [6.45, 7) is 10.2. The summed E-state index contributed by atoms with van der Waals surface area (Å²) in [4.78, 5) is 9.81. The highest BCUT2D eigenvalue weighted by molar-refractivity contribution is 5.80. The van der Waals surface area contributed by atoms with E-state index in [1.807, 2.05) is 6.07 Å². The van der Waals surface area contributed by atoms with E-state index in [0.717, 1.165) is 44.7 Å². The molecule has 1 unspecified atom stereocenters. The van der Waals surface area contributed by atoms with Gasteiger partial charge in [-0.05, 0) is 64.2 Å². The van der Waals surface area contributed by atoms with Crippen molar-refractivity contribution < 1.29 is 4.74 Å². The standard InChI is InChI=1S/C23H38N4O/c1-3-24-23(25-13-9-20-10-14-26(2)15-11-20)27-16-12-22(17-27)19-28-18-21-7-5-4-6-8-21/h4-8,20,22H,3,9-19H2,1-2H3,(H,24,25). The third kappa shape index (κ3) is 6.78. The normalized spacial score (nSPS) is 22.0. The third-order valence-electron chi connectivity index (χ3n) is 6.02. The van der Waals surface area contributed by atoms with Gasteiger partial charge in [-0.1, -0.05) is 30.3 Å². The molecule has 2 aliphatic heterocycles. The number of ether oxygens (including phenoxy) is 1. The minimum absolute atomic E-state index is 0.599. The molecule has 28 heavy (non-hydrogen) atoms. The predicted octanol–water partition coefficient (Wildman–Crippen LogP) is 3.22. The van der Waals surface area contributed by atoms with E-state index in [1.165, 1.54) is 44.3 Å². The molecule has 2 fully saturated rings. The van der Waals surface area contributed by atoms with E-state index in [-0.39, 0.29) is 0 Å². The lowest BCUT2D eigenvalue weighted by Crippen LogP contribution is -2.40. The smallest absolute Gasteiger partial charge is 0.193 e. The van der Waals surface area contributed by atoms with Gasteiger partial charge in [0.05, 0.1) is 13.2 Å². The zero-order chi connectivity index (χ0) is 19.6. The first-order valence-corrected chi connectivity index (χ1v) is 11.1. The van der Waals surface area contributed by atoms with Crippen molar-refractivity contribution in [3.8, 4) is 0 Å². The number of benzene rings is 1. The maximum atomic E-state index is 5.97. The van der Waals surface area contributed by atoms with Crippen molar-refractivity contribution >= 4 is 5.96 Å². The summed E-state index contributed by atoms with van der Waals surface area (Å²) in [5, 5.41) is 3.50. The molecule has 0 saturated carbocycles. The second-order valence-electron chi connectivity index (χ2n) is 8.37. The highest BCUT2D eigenvalue weighted by Crippen LogP contribution is 2.20. The zero-order valence-corrected chi connectivity index (χ0v) is 17.8. The maximum Gasteiger partial charge on any atom is 0.193 e. The van der Waals surface area contributed by atoms with Gasteiger partial charge in [-0.3, -0.25) is 4.99 Å². The number of nitrogens with one attached hydrogen (secondary N) is 1. The summed E-state index contributed by atoms with van der Waals surface area (Å²) in [6.07, 6.45) is 5.06. The number of guanidine groups is 1. The number of hydrogen-bond acceptors (Lipinski definition) is 3. The zero-order valence-electron chi connectivity index (χ0n) is 17.8. The molecular weight excluding hydrogens is 348 g/mol. The Balaban J connectivity index is 1.39. The summed E-state index contributed by atoms with van der Waals surface area (Å²) in [6, 6.07) is 10.4. The van der Waals surface area contributed by atoms with Crippen LogP contribution in [-0.4, -0.2) is 68.7 Å². The molecule has 0 spiro atoms. The van der Waals surface area contributed by atoms with Crippen LogP contribution in [0.15, 0.2) is 35.3 Å². The summed E-state index contributed by atoms with van der Waals surface area (Å²) < 4.78 is 5.97. The van der Waals surface area contributed by atoms with E-state index in [4.69, 9.17) is 9.73 Å². The Morgan fingerprint density at radius 3 is 2.61 bits per heavy atom. The molecule has 0 aromatic heterocycles. The van der Waals surface area contributed by atoms with Crippen molar-refractivity contribution in [3.63, 3.8) is 0 Å². The van der Waals surface area contributed by atoms with E-state index >= 15 is 0 Å². The summed E-state index contributed by atoms with van der Waals surface area (Å²) in [5.74, 6) is 2.54. The number of nitrogens with zero attached hydrogens (tertiary/aromatic N) is 3. The average Bonchev–Trinajstić information content (AvgIpc) is 3.18. The van der Waals surface area contributed by atoms with Crippen LogP contribution in [0.3, 0.4) is 0 Å². The molecule has 156 valence electrons. The fraction of sp³-hybridized carbons (Fsp3) is 0.696. The molecule has 5 nitrogen and oxygen atoms in total. The molecule has 1 aromatic rings. The fourth-order valence-electron chi connectivity index (χ4n) is 4.21. The highest BCUT2D eigenvalue weighted by Gasteiger charge is 2.25. The molecule has 1 atom stereocenters. The molecule has 0 radical (unpaired) electrons. The van der Waals surface area contributed by atoms with Gasteiger partial charge in [-0.2, -0.15) is 0 Å². The Hall–Kier alpha value is -1.59. The fourth-order valence-corrected chi connectivity index (χ4v) is 4.21. The predicted molar refractivity (Wildman–Crippen MR) is 117 cm³/mol. The second kappa shape index (κ2) is 11.4. The lowest BCUT2D eigenvalue weighted by Gasteiger charge is -2.28. The Morgan fingerprint density at radius 1 is 1.11 bits per heavy atom. The molecular formula is C23H38N4O. The number of hydrogen-bond donors (Lipinski definition) is 1. The van der Waals surface area contributed by atoms with E-state index in [9.17, 15) is 0 Å². The Bertz CT molecular complexity index is 584. The van der Waals surface area contributed by atoms with Crippen LogP contribution in [0.4, 0.5) is 0 Å².